The van der Waals surface area contributed by atoms with Crippen LogP contribution in [0.15, 0.2) is 0 Å². The maximum absolute atomic E-state index is 11.3. The molecule has 0 aromatic heterocycles. The van der Waals surface area contributed by atoms with Gasteiger partial charge in [0.2, 0.25) is 5.91 Å². The third-order valence-corrected chi connectivity index (χ3v) is 2.11. The molecule has 1 amide bonds. The Labute approximate surface area is 83.9 Å². The Morgan fingerprint density at radius 1 is 1.43 bits per heavy atom. The molecule has 0 aliphatic rings. The van der Waals surface area contributed by atoms with E-state index in [1.807, 2.05) is 0 Å². The molecular weight excluding hydrogens is 184 g/mol. The van der Waals surface area contributed by atoms with Gasteiger partial charge in [0.15, 0.2) is 0 Å². The first-order valence-corrected chi connectivity index (χ1v) is 4.49. The molecule has 0 bridgehead atoms. The van der Waals surface area contributed by atoms with Crippen LogP contribution in [0.3, 0.4) is 0 Å². The first-order valence-electron chi connectivity index (χ1n) is 4.49. The van der Waals surface area contributed by atoms with Gasteiger partial charge in [-0.15, -0.1) is 0 Å². The van der Waals surface area contributed by atoms with Gasteiger partial charge < -0.3 is 15.7 Å². The van der Waals surface area contributed by atoms with Crippen molar-refractivity contribution in [2.24, 2.45) is 5.41 Å². The second-order valence-electron chi connectivity index (χ2n) is 3.92. The minimum Gasteiger partial charge on any atom is -0.481 e. The highest BCUT2D eigenvalue weighted by Gasteiger charge is 2.27. The van der Waals surface area contributed by atoms with Crippen molar-refractivity contribution >= 4 is 11.9 Å². The van der Waals surface area contributed by atoms with Crippen LogP contribution in [0.5, 0.6) is 0 Å². The van der Waals surface area contributed by atoms with Gasteiger partial charge in [0.25, 0.3) is 0 Å². The van der Waals surface area contributed by atoms with Crippen LogP contribution in [0, 0.1) is 5.41 Å². The number of amides is 1. The fourth-order valence-corrected chi connectivity index (χ4v) is 0.668. The van der Waals surface area contributed by atoms with Crippen molar-refractivity contribution in [2.45, 2.75) is 26.8 Å². The van der Waals surface area contributed by atoms with E-state index in [0.717, 1.165) is 0 Å². The molecule has 0 aliphatic carbocycles. The fraction of sp³-hybridized carbons (Fsp3) is 0.778. The summed E-state index contributed by atoms with van der Waals surface area (Å²) in [7, 11) is 1.67. The lowest BCUT2D eigenvalue weighted by Gasteiger charge is -2.20. The molecular formula is C9H18N2O3. The number of carbonyl (C=O) groups is 2. The van der Waals surface area contributed by atoms with Gasteiger partial charge >= 0.3 is 5.97 Å². The van der Waals surface area contributed by atoms with Crippen LogP contribution >= 0.6 is 0 Å². The summed E-state index contributed by atoms with van der Waals surface area (Å²) in [5.41, 5.74) is -0.927. The Bertz CT molecular complexity index is 226. The van der Waals surface area contributed by atoms with E-state index in [9.17, 15) is 9.59 Å². The van der Waals surface area contributed by atoms with Gasteiger partial charge in [-0.25, -0.2) is 0 Å². The predicted octanol–water partition coefficient (Wildman–Crippen LogP) is -0.179. The first kappa shape index (κ1) is 12.9. The highest BCUT2D eigenvalue weighted by molar-refractivity contribution is 5.82. The average Bonchev–Trinajstić information content (AvgIpc) is 2.12. The molecule has 3 N–H and O–H groups in total. The number of carbonyl (C=O) groups excluding carboxylic acids is 1. The number of carboxylic acid groups (broad SMARTS) is 1. The molecule has 1 unspecified atom stereocenters. The summed E-state index contributed by atoms with van der Waals surface area (Å²) in [4.78, 5) is 22.0. The zero-order chi connectivity index (χ0) is 11.4. The van der Waals surface area contributed by atoms with E-state index < -0.39 is 11.4 Å². The average molecular weight is 202 g/mol. The quantitative estimate of drug-likeness (QED) is 0.578. The number of aliphatic carboxylic acids is 1. The monoisotopic (exact) mass is 202 g/mol. The maximum atomic E-state index is 11.3. The van der Waals surface area contributed by atoms with Crippen molar-refractivity contribution in [1.82, 2.24) is 10.6 Å². The Kier molecular flexibility index (Phi) is 4.56. The smallest absolute Gasteiger partial charge is 0.310 e. The van der Waals surface area contributed by atoms with Gasteiger partial charge in [-0.2, -0.15) is 0 Å². The topological polar surface area (TPSA) is 78.4 Å². The second kappa shape index (κ2) is 4.95. The number of hydrogen-bond donors (Lipinski definition) is 3. The molecule has 0 aromatic carbocycles. The van der Waals surface area contributed by atoms with Crippen molar-refractivity contribution in [3.05, 3.63) is 0 Å². The lowest BCUT2D eigenvalue weighted by Crippen LogP contribution is -2.45. The van der Waals surface area contributed by atoms with E-state index in [1.165, 1.54) is 0 Å². The van der Waals surface area contributed by atoms with Crippen LogP contribution in [-0.2, 0) is 9.59 Å². The van der Waals surface area contributed by atoms with E-state index in [2.05, 4.69) is 10.6 Å². The molecule has 0 aromatic rings. The zero-order valence-corrected chi connectivity index (χ0v) is 9.05. The van der Waals surface area contributed by atoms with Gasteiger partial charge in [-0.3, -0.25) is 9.59 Å². The molecule has 0 heterocycles. The maximum Gasteiger partial charge on any atom is 0.310 e. The van der Waals surface area contributed by atoms with Crippen molar-refractivity contribution < 1.29 is 14.7 Å². The molecule has 0 spiro atoms. The minimum atomic E-state index is -0.927. The van der Waals surface area contributed by atoms with Crippen LogP contribution in [-0.4, -0.2) is 36.6 Å². The number of likely N-dealkylation sites (N-methyl/N-ethyl adjacent to an activating group) is 1. The normalized spacial score (nSPS) is 13.4. The lowest BCUT2D eigenvalue weighted by molar-refractivity contribution is -0.146. The molecule has 14 heavy (non-hydrogen) atoms. The summed E-state index contributed by atoms with van der Waals surface area (Å²) in [5, 5.41) is 14.1. The largest absolute Gasteiger partial charge is 0.481 e. The van der Waals surface area contributed by atoms with Crippen LogP contribution < -0.4 is 10.6 Å². The molecule has 82 valence electrons. The third-order valence-electron chi connectivity index (χ3n) is 2.11. The van der Waals surface area contributed by atoms with Crippen molar-refractivity contribution in [2.75, 3.05) is 13.6 Å². The highest BCUT2D eigenvalue weighted by atomic mass is 16.4. The van der Waals surface area contributed by atoms with Crippen LogP contribution in [0.2, 0.25) is 0 Å². The first-order chi connectivity index (χ1) is 6.31. The number of nitrogens with one attached hydrogen (secondary N) is 2. The molecule has 0 saturated heterocycles. The second-order valence-corrected chi connectivity index (χ2v) is 3.92. The van der Waals surface area contributed by atoms with Crippen LogP contribution in [0.25, 0.3) is 0 Å². The van der Waals surface area contributed by atoms with E-state index >= 15 is 0 Å². The lowest BCUT2D eigenvalue weighted by atomic mass is 9.94. The number of hydrogen-bond acceptors (Lipinski definition) is 3. The summed E-state index contributed by atoms with van der Waals surface area (Å²) < 4.78 is 0. The van der Waals surface area contributed by atoms with E-state index in [1.54, 1.807) is 27.8 Å². The van der Waals surface area contributed by atoms with E-state index in [0.29, 0.717) is 0 Å². The fourth-order valence-electron chi connectivity index (χ4n) is 0.668. The summed E-state index contributed by atoms with van der Waals surface area (Å²) in [6, 6.07) is -0.306. The molecule has 5 heteroatoms. The zero-order valence-electron chi connectivity index (χ0n) is 9.05. The predicted molar refractivity (Wildman–Crippen MR) is 52.9 cm³/mol. The van der Waals surface area contributed by atoms with Crippen molar-refractivity contribution in [3.63, 3.8) is 0 Å². The van der Waals surface area contributed by atoms with Gasteiger partial charge in [0.05, 0.1) is 11.5 Å². The van der Waals surface area contributed by atoms with Crippen LogP contribution in [0.1, 0.15) is 20.8 Å². The summed E-state index contributed by atoms with van der Waals surface area (Å²) in [6.07, 6.45) is 0. The Morgan fingerprint density at radius 2 is 1.93 bits per heavy atom. The van der Waals surface area contributed by atoms with Crippen molar-refractivity contribution in [1.29, 1.82) is 0 Å². The number of rotatable bonds is 5. The van der Waals surface area contributed by atoms with Gasteiger partial charge in [-0.05, 0) is 27.8 Å². The summed E-state index contributed by atoms with van der Waals surface area (Å²) >= 11 is 0. The van der Waals surface area contributed by atoms with Gasteiger partial charge in [-0.1, -0.05) is 0 Å². The molecule has 0 radical (unpaired) electrons. The van der Waals surface area contributed by atoms with Crippen molar-refractivity contribution in [3.8, 4) is 0 Å². The van der Waals surface area contributed by atoms with Crippen LogP contribution in [0.4, 0.5) is 0 Å². The van der Waals surface area contributed by atoms with Gasteiger partial charge in [0, 0.05) is 6.54 Å². The van der Waals surface area contributed by atoms with E-state index in [4.69, 9.17) is 5.11 Å². The Morgan fingerprint density at radius 3 is 2.29 bits per heavy atom. The molecule has 1 atom stereocenters. The van der Waals surface area contributed by atoms with E-state index in [-0.39, 0.29) is 18.5 Å². The SMILES string of the molecule is CNC(C)C(=O)NCC(C)(C)C(=O)O. The summed E-state index contributed by atoms with van der Waals surface area (Å²) in [6.45, 7) is 4.98. The molecule has 0 fully saturated rings. The third kappa shape index (κ3) is 3.74. The Hall–Kier alpha value is -1.10. The van der Waals surface area contributed by atoms with Gasteiger partial charge in [0.1, 0.15) is 0 Å². The molecule has 0 rings (SSSR count). The highest BCUT2D eigenvalue weighted by Crippen LogP contribution is 2.12. The molecule has 0 saturated carbocycles. The molecule has 5 nitrogen and oxygen atoms in total. The standard InChI is InChI=1S/C9H18N2O3/c1-6(10-4)7(12)11-5-9(2,3)8(13)14/h6,10H,5H2,1-4H3,(H,11,12)(H,13,14). The Balaban J connectivity index is 4.06. The summed E-state index contributed by atoms with van der Waals surface area (Å²) in [5.74, 6) is -1.11. The minimum absolute atomic E-state index is 0.132. The number of carboxylic acids is 1. The molecule has 0 aliphatic heterocycles.